The Morgan fingerprint density at radius 3 is 2.57 bits per heavy atom. The van der Waals surface area contributed by atoms with Crippen LogP contribution in [-0.2, 0) is 0 Å². The van der Waals surface area contributed by atoms with Crippen molar-refractivity contribution in [2.24, 2.45) is 0 Å². The number of nitrogens with zero attached hydrogens (tertiary/aromatic N) is 6. The molecule has 4 aromatic rings. The van der Waals surface area contributed by atoms with Gasteiger partial charge < -0.3 is 19.5 Å². The van der Waals surface area contributed by atoms with E-state index in [0.29, 0.717) is 6.61 Å². The zero-order valence-electron chi connectivity index (χ0n) is 20.2. The van der Waals surface area contributed by atoms with Crippen molar-refractivity contribution in [2.45, 2.75) is 12.8 Å². The van der Waals surface area contributed by atoms with E-state index in [1.54, 1.807) is 6.20 Å². The van der Waals surface area contributed by atoms with Crippen molar-refractivity contribution in [3.8, 4) is 28.4 Å². The van der Waals surface area contributed by atoms with Gasteiger partial charge in [-0.05, 0) is 51.2 Å². The van der Waals surface area contributed by atoms with E-state index in [1.807, 2.05) is 24.7 Å². The summed E-state index contributed by atoms with van der Waals surface area (Å²) in [5.41, 5.74) is 5.90. The van der Waals surface area contributed by atoms with E-state index in [1.165, 1.54) is 37.0 Å². The van der Waals surface area contributed by atoms with Gasteiger partial charge in [0.1, 0.15) is 18.1 Å². The molecule has 0 spiro atoms. The summed E-state index contributed by atoms with van der Waals surface area (Å²) in [7, 11) is 2.17. The molecule has 35 heavy (non-hydrogen) atoms. The van der Waals surface area contributed by atoms with Crippen molar-refractivity contribution in [1.29, 1.82) is 0 Å². The monoisotopic (exact) mass is 472 g/mol. The highest BCUT2D eigenvalue weighted by molar-refractivity contribution is 5.95. The summed E-state index contributed by atoms with van der Waals surface area (Å²) >= 11 is 0. The molecule has 2 fully saturated rings. The topological polar surface area (TPSA) is 89.2 Å². The molecule has 2 N–H and O–H groups in total. The number of anilines is 1. The van der Waals surface area contributed by atoms with Crippen LogP contribution >= 0.6 is 0 Å². The molecule has 2 aliphatic heterocycles. The van der Waals surface area contributed by atoms with Crippen LogP contribution in [0.1, 0.15) is 12.8 Å². The smallest absolute Gasteiger partial charge is 0.138 e. The van der Waals surface area contributed by atoms with Gasteiger partial charge in [0, 0.05) is 49.9 Å². The van der Waals surface area contributed by atoms with Gasteiger partial charge >= 0.3 is 0 Å². The second kappa shape index (κ2) is 9.67. The molecule has 0 aliphatic carbocycles. The molecule has 6 rings (SSSR count). The summed E-state index contributed by atoms with van der Waals surface area (Å²) in [6, 6.07) is 6.26. The minimum absolute atomic E-state index is 0.679. The van der Waals surface area contributed by atoms with Gasteiger partial charge in [0.05, 0.1) is 41.2 Å². The van der Waals surface area contributed by atoms with Gasteiger partial charge in [0.15, 0.2) is 0 Å². The SMILES string of the molecule is CN1CCN(c2cncc3[nH]c(-c4cc(-c5cncc(OCCN6CCCC6)c5)[nH]n4)cc23)CC1. The molecule has 9 heteroatoms. The van der Waals surface area contributed by atoms with Crippen molar-refractivity contribution in [1.82, 2.24) is 34.9 Å². The molecule has 0 bridgehead atoms. The molecular weight excluding hydrogens is 440 g/mol. The maximum atomic E-state index is 5.98. The van der Waals surface area contributed by atoms with Crippen LogP contribution < -0.4 is 9.64 Å². The average molecular weight is 473 g/mol. The molecule has 0 aromatic carbocycles. The number of piperazine rings is 1. The van der Waals surface area contributed by atoms with E-state index >= 15 is 0 Å². The molecule has 0 radical (unpaired) electrons. The minimum Gasteiger partial charge on any atom is -0.491 e. The fourth-order valence-electron chi connectivity index (χ4n) is 5.03. The Kier molecular flexibility index (Phi) is 6.10. The third kappa shape index (κ3) is 4.74. The summed E-state index contributed by atoms with van der Waals surface area (Å²) in [5.74, 6) is 0.784. The summed E-state index contributed by atoms with van der Waals surface area (Å²) in [6.45, 7) is 8.14. The lowest BCUT2D eigenvalue weighted by Crippen LogP contribution is -2.44. The first kappa shape index (κ1) is 22.1. The third-order valence-electron chi connectivity index (χ3n) is 7.12. The number of aromatic amines is 2. The normalized spacial score (nSPS) is 17.5. The lowest BCUT2D eigenvalue weighted by Gasteiger charge is -2.34. The number of ether oxygens (including phenoxy) is 1. The third-order valence-corrected chi connectivity index (χ3v) is 7.12. The van der Waals surface area contributed by atoms with Crippen LogP contribution in [0.25, 0.3) is 33.5 Å². The van der Waals surface area contributed by atoms with Gasteiger partial charge in [-0.1, -0.05) is 0 Å². The number of nitrogens with one attached hydrogen (secondary N) is 2. The molecule has 2 aliphatic rings. The Hall–Kier alpha value is -3.43. The minimum atomic E-state index is 0.679. The summed E-state index contributed by atoms with van der Waals surface area (Å²) in [6.07, 6.45) is 10.1. The van der Waals surface area contributed by atoms with E-state index in [4.69, 9.17) is 4.74 Å². The van der Waals surface area contributed by atoms with Crippen LogP contribution in [-0.4, -0.2) is 94.4 Å². The van der Waals surface area contributed by atoms with Gasteiger partial charge in [-0.3, -0.25) is 20.0 Å². The highest BCUT2D eigenvalue weighted by Crippen LogP contribution is 2.32. The molecule has 0 atom stereocenters. The molecule has 6 heterocycles. The Balaban J connectivity index is 1.19. The Labute approximate surface area is 205 Å². The summed E-state index contributed by atoms with van der Waals surface area (Å²) < 4.78 is 5.98. The zero-order chi connectivity index (χ0) is 23.6. The van der Waals surface area contributed by atoms with Crippen LogP contribution in [0.3, 0.4) is 0 Å². The summed E-state index contributed by atoms with van der Waals surface area (Å²) in [5, 5.41) is 8.93. The van der Waals surface area contributed by atoms with Crippen molar-refractivity contribution < 1.29 is 4.74 Å². The van der Waals surface area contributed by atoms with Gasteiger partial charge in [-0.15, -0.1) is 0 Å². The highest BCUT2D eigenvalue weighted by atomic mass is 16.5. The van der Waals surface area contributed by atoms with Crippen molar-refractivity contribution >= 4 is 16.6 Å². The molecule has 4 aromatic heterocycles. The van der Waals surface area contributed by atoms with Crippen LogP contribution in [0.5, 0.6) is 5.75 Å². The first-order chi connectivity index (χ1) is 17.2. The summed E-state index contributed by atoms with van der Waals surface area (Å²) in [4.78, 5) is 19.6. The predicted octanol–water partition coefficient (Wildman–Crippen LogP) is 3.24. The zero-order valence-corrected chi connectivity index (χ0v) is 20.2. The highest BCUT2D eigenvalue weighted by Gasteiger charge is 2.19. The van der Waals surface area contributed by atoms with E-state index < -0.39 is 0 Å². The van der Waals surface area contributed by atoms with Gasteiger partial charge in [0.2, 0.25) is 0 Å². The standard InChI is InChI=1S/C26H32N8O/c1-32-6-8-34(9-7-32)26-18-28-17-25-21(26)13-23(29-25)24-14-22(30-31-24)19-12-20(16-27-15-19)35-11-10-33-4-2-3-5-33/h12-18,29H,2-11H2,1H3,(H,30,31). The number of fused-ring (bicyclic) bond motifs is 1. The number of hydrogen-bond acceptors (Lipinski definition) is 7. The lowest BCUT2D eigenvalue weighted by atomic mass is 10.1. The molecule has 0 unspecified atom stereocenters. The van der Waals surface area contributed by atoms with E-state index in [9.17, 15) is 0 Å². The molecule has 0 amide bonds. The molecular formula is C26H32N8O. The maximum absolute atomic E-state index is 5.98. The molecule has 2 saturated heterocycles. The van der Waals surface area contributed by atoms with E-state index in [2.05, 4.69) is 59.0 Å². The van der Waals surface area contributed by atoms with Crippen molar-refractivity contribution in [3.05, 3.63) is 43.0 Å². The second-order valence-electron chi connectivity index (χ2n) is 9.57. The van der Waals surface area contributed by atoms with Crippen LogP contribution in [0, 0.1) is 0 Å². The second-order valence-corrected chi connectivity index (χ2v) is 9.57. The van der Waals surface area contributed by atoms with Gasteiger partial charge in [0.25, 0.3) is 0 Å². The first-order valence-electron chi connectivity index (χ1n) is 12.5. The Morgan fingerprint density at radius 2 is 1.71 bits per heavy atom. The van der Waals surface area contributed by atoms with Crippen molar-refractivity contribution in [2.75, 3.05) is 64.4 Å². The lowest BCUT2D eigenvalue weighted by molar-refractivity contribution is 0.237. The largest absolute Gasteiger partial charge is 0.491 e. The quantitative estimate of drug-likeness (QED) is 0.427. The first-order valence-corrected chi connectivity index (χ1v) is 12.5. The van der Waals surface area contributed by atoms with Crippen molar-refractivity contribution in [3.63, 3.8) is 0 Å². The average Bonchev–Trinajstić information content (AvgIpc) is 3.65. The number of aromatic nitrogens is 5. The molecule has 9 nitrogen and oxygen atoms in total. The Bertz CT molecular complexity index is 1280. The number of hydrogen-bond donors (Lipinski definition) is 2. The maximum Gasteiger partial charge on any atom is 0.138 e. The van der Waals surface area contributed by atoms with Gasteiger partial charge in [-0.25, -0.2) is 0 Å². The van der Waals surface area contributed by atoms with E-state index in [-0.39, 0.29) is 0 Å². The fourth-order valence-corrected chi connectivity index (χ4v) is 5.03. The molecule has 0 saturated carbocycles. The number of likely N-dealkylation sites (N-methyl/N-ethyl adjacent to an activating group) is 1. The number of likely N-dealkylation sites (tertiary alicyclic amines) is 1. The number of rotatable bonds is 7. The van der Waals surface area contributed by atoms with Crippen LogP contribution in [0.2, 0.25) is 0 Å². The number of H-pyrrole nitrogens is 2. The fraction of sp³-hybridized carbons (Fsp3) is 0.423. The van der Waals surface area contributed by atoms with Crippen LogP contribution in [0.4, 0.5) is 5.69 Å². The molecule has 182 valence electrons. The predicted molar refractivity (Wildman–Crippen MR) is 138 cm³/mol. The Morgan fingerprint density at radius 1 is 0.886 bits per heavy atom. The number of pyridine rings is 2. The van der Waals surface area contributed by atoms with E-state index in [0.717, 1.165) is 66.6 Å². The van der Waals surface area contributed by atoms with Gasteiger partial charge in [-0.2, -0.15) is 5.10 Å². The van der Waals surface area contributed by atoms with Crippen LogP contribution in [0.15, 0.2) is 43.0 Å².